The molecule has 0 unspecified atom stereocenters. The largest absolute Gasteiger partial charge is 0.455 e. The second kappa shape index (κ2) is 9.41. The Kier molecular flexibility index (Phi) is 6.71. The first-order chi connectivity index (χ1) is 13.5. The van der Waals surface area contributed by atoms with Crippen molar-refractivity contribution >= 4 is 40.9 Å². The molecule has 6 nitrogen and oxygen atoms in total. The van der Waals surface area contributed by atoms with Crippen molar-refractivity contribution in [3.05, 3.63) is 59.7 Å². The highest BCUT2D eigenvalue weighted by molar-refractivity contribution is 8.00. The lowest BCUT2D eigenvalue weighted by Crippen LogP contribution is -2.33. The number of anilines is 2. The van der Waals surface area contributed by atoms with E-state index in [-0.39, 0.29) is 29.9 Å². The van der Waals surface area contributed by atoms with E-state index in [0.29, 0.717) is 6.54 Å². The molecule has 0 aromatic heterocycles. The van der Waals surface area contributed by atoms with Gasteiger partial charge in [-0.15, -0.1) is 11.8 Å². The molecule has 0 fully saturated rings. The van der Waals surface area contributed by atoms with E-state index < -0.39 is 5.97 Å². The minimum atomic E-state index is -0.506. The number of thioether (sulfide) groups is 1. The molecule has 1 N–H and O–H groups in total. The summed E-state index contributed by atoms with van der Waals surface area (Å²) in [5.74, 6) is -0.775. The van der Waals surface area contributed by atoms with Crippen LogP contribution in [0.1, 0.15) is 11.1 Å². The smallest absolute Gasteiger partial charge is 0.316 e. The Balaban J connectivity index is 1.35. The summed E-state index contributed by atoms with van der Waals surface area (Å²) in [5.41, 5.74) is 3.83. The topological polar surface area (TPSA) is 75.7 Å². The summed E-state index contributed by atoms with van der Waals surface area (Å²) in [6.45, 7) is 2.28. The highest BCUT2D eigenvalue weighted by Crippen LogP contribution is 2.27. The molecule has 28 heavy (non-hydrogen) atoms. The molecule has 146 valence electrons. The Morgan fingerprint density at radius 1 is 1.07 bits per heavy atom. The van der Waals surface area contributed by atoms with Gasteiger partial charge in [-0.3, -0.25) is 14.4 Å². The molecule has 0 atom stereocenters. The molecule has 2 aromatic rings. The normalized spacial score (nSPS) is 12.4. The second-order valence-corrected chi connectivity index (χ2v) is 7.48. The van der Waals surface area contributed by atoms with Gasteiger partial charge in [-0.25, -0.2) is 0 Å². The average Bonchev–Trinajstić information content (AvgIpc) is 3.12. The van der Waals surface area contributed by atoms with E-state index in [1.54, 1.807) is 4.90 Å². The van der Waals surface area contributed by atoms with Crippen molar-refractivity contribution < 1.29 is 19.1 Å². The van der Waals surface area contributed by atoms with Gasteiger partial charge in [0.25, 0.3) is 5.91 Å². The molecule has 2 amide bonds. The van der Waals surface area contributed by atoms with Crippen LogP contribution in [-0.2, 0) is 25.5 Å². The first kappa shape index (κ1) is 19.9. The van der Waals surface area contributed by atoms with E-state index in [1.165, 1.54) is 0 Å². The summed E-state index contributed by atoms with van der Waals surface area (Å²) in [6, 6.07) is 15.2. The van der Waals surface area contributed by atoms with Crippen molar-refractivity contribution in [2.75, 3.05) is 34.9 Å². The zero-order valence-electron chi connectivity index (χ0n) is 15.6. The fourth-order valence-corrected chi connectivity index (χ4v) is 3.53. The first-order valence-corrected chi connectivity index (χ1v) is 10.2. The predicted molar refractivity (Wildman–Crippen MR) is 111 cm³/mol. The van der Waals surface area contributed by atoms with Gasteiger partial charge in [0.2, 0.25) is 5.91 Å². The van der Waals surface area contributed by atoms with Crippen LogP contribution in [0.3, 0.4) is 0 Å². The van der Waals surface area contributed by atoms with Crippen LogP contribution >= 0.6 is 11.8 Å². The Bertz CT molecular complexity index is 867. The van der Waals surface area contributed by atoms with E-state index in [9.17, 15) is 14.4 Å². The zero-order chi connectivity index (χ0) is 19.9. The van der Waals surface area contributed by atoms with Crippen LogP contribution in [0.4, 0.5) is 11.4 Å². The Morgan fingerprint density at radius 2 is 1.82 bits per heavy atom. The van der Waals surface area contributed by atoms with Gasteiger partial charge in [-0.2, -0.15) is 0 Å². The number of hydrogen-bond acceptors (Lipinski definition) is 5. The lowest BCUT2D eigenvalue weighted by atomic mass is 10.2. The fraction of sp³-hybridized carbons (Fsp3) is 0.286. The maximum absolute atomic E-state index is 12.3. The van der Waals surface area contributed by atoms with Crippen LogP contribution in [0.15, 0.2) is 48.5 Å². The van der Waals surface area contributed by atoms with Gasteiger partial charge < -0.3 is 15.0 Å². The first-order valence-electron chi connectivity index (χ1n) is 9.01. The van der Waals surface area contributed by atoms with E-state index >= 15 is 0 Å². The number of esters is 1. The molecule has 0 spiro atoms. The molecule has 1 aliphatic rings. The summed E-state index contributed by atoms with van der Waals surface area (Å²) in [5, 5.41) is 2.77. The molecule has 1 aliphatic heterocycles. The molecule has 3 rings (SSSR count). The number of rotatable bonds is 7. The summed E-state index contributed by atoms with van der Waals surface area (Å²) in [7, 11) is 0. The van der Waals surface area contributed by atoms with Gasteiger partial charge in [0.05, 0.1) is 11.5 Å². The van der Waals surface area contributed by atoms with E-state index in [2.05, 4.69) is 5.32 Å². The molecule has 0 saturated heterocycles. The summed E-state index contributed by atoms with van der Waals surface area (Å²) in [6.07, 6.45) is 0.807. The summed E-state index contributed by atoms with van der Waals surface area (Å²) in [4.78, 5) is 37.7. The lowest BCUT2D eigenvalue weighted by molar-refractivity contribution is -0.145. The van der Waals surface area contributed by atoms with E-state index in [0.717, 1.165) is 40.7 Å². The highest BCUT2D eigenvalue weighted by atomic mass is 32.2. The van der Waals surface area contributed by atoms with Crippen LogP contribution < -0.4 is 10.2 Å². The van der Waals surface area contributed by atoms with Crippen molar-refractivity contribution in [3.8, 4) is 0 Å². The Labute approximate surface area is 168 Å². The number of ether oxygens (including phenoxy) is 1. The molecule has 0 saturated carbocycles. The second-order valence-electron chi connectivity index (χ2n) is 6.49. The van der Waals surface area contributed by atoms with Crippen LogP contribution in [0.2, 0.25) is 0 Å². The van der Waals surface area contributed by atoms with Crippen molar-refractivity contribution in [1.82, 2.24) is 0 Å². The molecular formula is C21H22N2O4S. The van der Waals surface area contributed by atoms with Gasteiger partial charge in [0, 0.05) is 17.9 Å². The third-order valence-electron chi connectivity index (χ3n) is 4.33. The molecular weight excluding hydrogens is 376 g/mol. The minimum absolute atomic E-state index is 0.0190. The van der Waals surface area contributed by atoms with Gasteiger partial charge >= 0.3 is 5.97 Å². The fourth-order valence-electron chi connectivity index (χ4n) is 2.92. The SMILES string of the molecule is Cc1ccc(NC(=O)CSCC(=O)OCC(=O)N2CCc3ccccc32)cc1. The Morgan fingerprint density at radius 3 is 2.61 bits per heavy atom. The van der Waals surface area contributed by atoms with Gasteiger partial charge in [-0.05, 0) is 37.1 Å². The third-order valence-corrected chi connectivity index (χ3v) is 5.24. The number of carbonyl (C=O) groups excluding carboxylic acids is 3. The number of nitrogens with one attached hydrogen (secondary N) is 1. The van der Waals surface area contributed by atoms with Crippen LogP contribution in [0, 0.1) is 6.92 Å². The molecule has 2 aromatic carbocycles. The number of amides is 2. The zero-order valence-corrected chi connectivity index (χ0v) is 16.5. The molecule has 0 bridgehead atoms. The molecule has 0 aliphatic carbocycles. The summed E-state index contributed by atoms with van der Waals surface area (Å²) < 4.78 is 5.06. The molecule has 1 heterocycles. The number of para-hydroxylation sites is 1. The van der Waals surface area contributed by atoms with Gasteiger partial charge in [0.15, 0.2) is 6.61 Å². The van der Waals surface area contributed by atoms with E-state index in [4.69, 9.17) is 4.74 Å². The maximum Gasteiger partial charge on any atom is 0.316 e. The van der Waals surface area contributed by atoms with Crippen LogP contribution in [0.5, 0.6) is 0 Å². The minimum Gasteiger partial charge on any atom is -0.455 e. The molecule has 0 radical (unpaired) electrons. The number of aryl methyl sites for hydroxylation is 1. The number of fused-ring (bicyclic) bond motifs is 1. The number of carbonyl (C=O) groups is 3. The Hall–Kier alpha value is -2.80. The van der Waals surface area contributed by atoms with Crippen molar-refractivity contribution in [2.24, 2.45) is 0 Å². The van der Waals surface area contributed by atoms with Crippen molar-refractivity contribution in [2.45, 2.75) is 13.3 Å². The third kappa shape index (κ3) is 5.36. The summed E-state index contributed by atoms with van der Waals surface area (Å²) >= 11 is 1.15. The highest BCUT2D eigenvalue weighted by Gasteiger charge is 2.24. The van der Waals surface area contributed by atoms with Crippen molar-refractivity contribution in [3.63, 3.8) is 0 Å². The van der Waals surface area contributed by atoms with Crippen molar-refractivity contribution in [1.29, 1.82) is 0 Å². The number of nitrogens with zero attached hydrogens (tertiary/aromatic N) is 1. The standard InChI is InChI=1S/C21H22N2O4S/c1-15-6-8-17(9-7-15)22-19(24)13-28-14-21(26)27-12-20(25)23-11-10-16-4-2-3-5-18(16)23/h2-9H,10-14H2,1H3,(H,22,24). The monoisotopic (exact) mass is 398 g/mol. The number of hydrogen-bond donors (Lipinski definition) is 1. The molecule has 7 heteroatoms. The average molecular weight is 398 g/mol. The van der Waals surface area contributed by atoms with Gasteiger partial charge in [0.1, 0.15) is 0 Å². The van der Waals surface area contributed by atoms with E-state index in [1.807, 2.05) is 55.5 Å². The quantitative estimate of drug-likeness (QED) is 0.726. The van der Waals surface area contributed by atoms with Gasteiger partial charge in [-0.1, -0.05) is 35.9 Å². The predicted octanol–water partition coefficient (Wildman–Crippen LogP) is 2.80. The van der Waals surface area contributed by atoms with Crippen LogP contribution in [-0.4, -0.2) is 42.4 Å². The maximum atomic E-state index is 12.3. The van der Waals surface area contributed by atoms with Crippen LogP contribution in [0.25, 0.3) is 0 Å². The lowest BCUT2D eigenvalue weighted by Gasteiger charge is -2.17. The number of benzene rings is 2.